The summed E-state index contributed by atoms with van der Waals surface area (Å²) in [7, 11) is 3.92. The summed E-state index contributed by atoms with van der Waals surface area (Å²) in [6.07, 6.45) is 2.67. The fourth-order valence-electron chi connectivity index (χ4n) is 0.571. The minimum atomic E-state index is 0.544. The lowest BCUT2D eigenvalue weighted by Crippen LogP contribution is -1.97. The highest BCUT2D eigenvalue weighted by Crippen LogP contribution is 1.92. The van der Waals surface area contributed by atoms with Gasteiger partial charge in [-0.25, -0.2) is 0 Å². The lowest BCUT2D eigenvalue weighted by atomic mass is 10.4. The second-order valence-corrected chi connectivity index (χ2v) is 8.74. The van der Waals surface area contributed by atoms with Gasteiger partial charge in [0.15, 0.2) is 0 Å². The molecule has 4 heteroatoms. The zero-order chi connectivity index (χ0) is 7.82. The highest BCUT2D eigenvalue weighted by Gasteiger charge is 1.88. The van der Waals surface area contributed by atoms with Gasteiger partial charge in [-0.3, -0.25) is 0 Å². The second kappa shape index (κ2) is 8.11. The second-order valence-electron chi connectivity index (χ2n) is 1.92. The standard InChI is InChI=1S/C6H14S4/c1-3-5-6-10(4-2)9-8-7/h3-6H2,1-2H3. The largest absolute Gasteiger partial charge is 0.122 e. The van der Waals surface area contributed by atoms with E-state index in [4.69, 9.17) is 11.2 Å². The summed E-state index contributed by atoms with van der Waals surface area (Å²) in [5, 5.41) is 0. The maximum atomic E-state index is 4.83. The third-order valence-corrected chi connectivity index (χ3v) is 8.49. The lowest BCUT2D eigenvalue weighted by molar-refractivity contribution is 0.895. The molecule has 0 saturated heterocycles. The smallest absolute Gasteiger partial charge is 0.000324 e. The predicted octanol–water partition coefficient (Wildman–Crippen LogP) is 1.88. The van der Waals surface area contributed by atoms with Gasteiger partial charge in [0, 0.05) is 0 Å². The van der Waals surface area contributed by atoms with E-state index in [0.29, 0.717) is 9.45 Å². The molecule has 0 aliphatic carbocycles. The molecule has 0 aromatic rings. The average Bonchev–Trinajstić information content (AvgIpc) is 1.98. The van der Waals surface area contributed by atoms with E-state index >= 15 is 0 Å². The van der Waals surface area contributed by atoms with Gasteiger partial charge in [-0.2, -0.15) is 0 Å². The Morgan fingerprint density at radius 2 is 2.10 bits per heavy atom. The Hall–Kier alpha value is 1.01. The summed E-state index contributed by atoms with van der Waals surface area (Å²) in [5.41, 5.74) is 0. The van der Waals surface area contributed by atoms with Crippen LogP contribution in [-0.4, -0.2) is 11.5 Å². The molecule has 0 aliphatic heterocycles. The van der Waals surface area contributed by atoms with E-state index in [-0.39, 0.29) is 0 Å². The molecule has 0 spiro atoms. The average molecular weight is 214 g/mol. The fraction of sp³-hybridized carbons (Fsp3) is 1.00. The Bertz CT molecular complexity index is 163. The lowest BCUT2D eigenvalue weighted by Gasteiger charge is -1.98. The minimum Gasteiger partial charge on any atom is -0.122 e. The van der Waals surface area contributed by atoms with Crippen molar-refractivity contribution < 1.29 is 0 Å². The Morgan fingerprint density at radius 3 is 2.50 bits per heavy atom. The first-order valence-corrected chi connectivity index (χ1v) is 8.65. The summed E-state index contributed by atoms with van der Waals surface area (Å²) >= 11 is 4.83. The van der Waals surface area contributed by atoms with Crippen LogP contribution >= 0.6 is 0 Å². The molecular formula is C6H14S4. The molecule has 62 valence electrons. The van der Waals surface area contributed by atoms with Crippen LogP contribution in [0.25, 0.3) is 0 Å². The van der Waals surface area contributed by atoms with Gasteiger partial charge < -0.3 is 0 Å². The van der Waals surface area contributed by atoms with Crippen molar-refractivity contribution >= 4 is 38.4 Å². The highest BCUT2D eigenvalue weighted by atomic mass is 33.2. The summed E-state index contributed by atoms with van der Waals surface area (Å²) in [6, 6.07) is 0. The van der Waals surface area contributed by atoms with Crippen LogP contribution in [0.15, 0.2) is 0 Å². The first-order valence-electron chi connectivity index (χ1n) is 3.49. The zero-order valence-corrected chi connectivity index (χ0v) is 9.73. The van der Waals surface area contributed by atoms with Crippen molar-refractivity contribution in [1.82, 2.24) is 0 Å². The summed E-state index contributed by atoms with van der Waals surface area (Å²) in [6.45, 7) is 4.49. The minimum absolute atomic E-state index is 0.544. The first kappa shape index (κ1) is 11.0. The number of hydrogen-bond acceptors (Lipinski definition) is 1. The van der Waals surface area contributed by atoms with Crippen molar-refractivity contribution in [3.63, 3.8) is 0 Å². The van der Waals surface area contributed by atoms with Gasteiger partial charge in [-0.15, -0.1) is 9.45 Å². The predicted molar refractivity (Wildman–Crippen MR) is 59.8 cm³/mol. The van der Waals surface area contributed by atoms with Crippen LogP contribution in [0.3, 0.4) is 0 Å². The molecule has 0 rings (SSSR count). The third-order valence-electron chi connectivity index (χ3n) is 1.17. The van der Waals surface area contributed by atoms with E-state index in [9.17, 15) is 0 Å². The summed E-state index contributed by atoms with van der Waals surface area (Å²) in [4.78, 5) is 0. The molecule has 0 radical (unpaired) electrons. The van der Waals surface area contributed by atoms with Gasteiger partial charge >= 0.3 is 0 Å². The fourth-order valence-corrected chi connectivity index (χ4v) is 7.10. The third kappa shape index (κ3) is 5.77. The van der Waals surface area contributed by atoms with E-state index < -0.39 is 0 Å². The molecule has 0 aromatic heterocycles. The Kier molecular flexibility index (Phi) is 8.93. The molecule has 0 fully saturated rings. The SMILES string of the molecule is CCCCS(CC)=S=S=S. The Balaban J connectivity index is 3.84. The Morgan fingerprint density at radius 1 is 1.40 bits per heavy atom. The quantitative estimate of drug-likeness (QED) is 0.689. The Labute approximate surface area is 76.4 Å². The zero-order valence-electron chi connectivity index (χ0n) is 6.46. The maximum absolute atomic E-state index is 4.83. The van der Waals surface area contributed by atoms with Crippen molar-refractivity contribution in [2.75, 3.05) is 11.5 Å². The molecule has 1 unspecified atom stereocenters. The van der Waals surface area contributed by atoms with E-state index in [1.165, 1.54) is 33.2 Å². The van der Waals surface area contributed by atoms with E-state index in [2.05, 4.69) is 13.8 Å². The number of hydrogen-bond donors (Lipinski definition) is 0. The van der Waals surface area contributed by atoms with Crippen LogP contribution in [0.2, 0.25) is 0 Å². The van der Waals surface area contributed by atoms with Crippen LogP contribution < -0.4 is 0 Å². The van der Waals surface area contributed by atoms with Crippen LogP contribution in [0.4, 0.5) is 0 Å². The molecule has 0 nitrogen and oxygen atoms in total. The van der Waals surface area contributed by atoms with Crippen molar-refractivity contribution in [2.24, 2.45) is 0 Å². The molecule has 0 bridgehead atoms. The molecule has 0 aromatic carbocycles. The van der Waals surface area contributed by atoms with Gasteiger partial charge in [0.25, 0.3) is 0 Å². The molecule has 0 heterocycles. The van der Waals surface area contributed by atoms with Crippen molar-refractivity contribution in [3.05, 3.63) is 0 Å². The molecule has 10 heavy (non-hydrogen) atoms. The molecule has 1 atom stereocenters. The number of unbranched alkanes of at least 4 members (excludes halogenated alkanes) is 1. The maximum Gasteiger partial charge on any atom is -0.000324 e. The van der Waals surface area contributed by atoms with Crippen LogP contribution in [0.5, 0.6) is 0 Å². The van der Waals surface area contributed by atoms with Crippen LogP contribution in [0, 0.1) is 0 Å². The molecule has 0 saturated carbocycles. The molecular weight excluding hydrogens is 200 g/mol. The highest BCUT2D eigenvalue weighted by molar-refractivity contribution is 8.58. The van der Waals surface area contributed by atoms with Gasteiger partial charge in [0.05, 0.1) is 0 Å². The molecule has 0 amide bonds. The molecule has 0 aliphatic rings. The topological polar surface area (TPSA) is 0 Å². The monoisotopic (exact) mass is 214 g/mol. The van der Waals surface area contributed by atoms with Gasteiger partial charge in [-0.05, 0) is 46.9 Å². The normalized spacial score (nSPS) is 12.6. The van der Waals surface area contributed by atoms with Crippen molar-refractivity contribution in [1.29, 1.82) is 0 Å². The van der Waals surface area contributed by atoms with Gasteiger partial charge in [0.2, 0.25) is 0 Å². The molecule has 0 N–H and O–H groups in total. The van der Waals surface area contributed by atoms with E-state index in [0.717, 1.165) is 0 Å². The van der Waals surface area contributed by atoms with Crippen molar-refractivity contribution in [2.45, 2.75) is 26.7 Å². The van der Waals surface area contributed by atoms with Gasteiger partial charge in [-0.1, -0.05) is 20.3 Å². The summed E-state index contributed by atoms with van der Waals surface area (Å²) < 4.78 is 0. The van der Waals surface area contributed by atoms with Crippen molar-refractivity contribution in [3.8, 4) is 0 Å². The first-order chi connectivity index (χ1) is 4.85. The number of rotatable bonds is 4. The van der Waals surface area contributed by atoms with E-state index in [1.807, 2.05) is 8.88 Å². The van der Waals surface area contributed by atoms with Crippen LogP contribution in [0.1, 0.15) is 26.7 Å². The summed E-state index contributed by atoms with van der Waals surface area (Å²) in [5.74, 6) is 2.65. The van der Waals surface area contributed by atoms with Crippen LogP contribution in [-0.2, 0) is 38.4 Å². The van der Waals surface area contributed by atoms with E-state index in [1.54, 1.807) is 0 Å². The van der Waals surface area contributed by atoms with Gasteiger partial charge in [0.1, 0.15) is 0 Å².